The second-order valence-corrected chi connectivity index (χ2v) is 4.52. The van der Waals surface area contributed by atoms with Crippen molar-refractivity contribution in [3.05, 3.63) is 71.0 Å². The van der Waals surface area contributed by atoms with Gasteiger partial charge in [0.25, 0.3) is 0 Å². The third-order valence-corrected chi connectivity index (χ3v) is 3.11. The molecule has 0 spiro atoms. The monoisotopic (exact) mass is 260 g/mol. The maximum atomic E-state index is 13.6. The van der Waals surface area contributed by atoms with Gasteiger partial charge in [0.05, 0.1) is 11.7 Å². The van der Waals surface area contributed by atoms with E-state index in [1.807, 2.05) is 22.7 Å². The largest absolute Gasteiger partial charge is 0.303 e. The van der Waals surface area contributed by atoms with E-state index in [-0.39, 0.29) is 5.82 Å². The summed E-state index contributed by atoms with van der Waals surface area (Å²) < 4.78 is 15.5. The first-order valence-electron chi connectivity index (χ1n) is 5.59. The zero-order valence-corrected chi connectivity index (χ0v) is 10.2. The summed E-state index contributed by atoms with van der Waals surface area (Å²) in [5.41, 5.74) is 1.55. The van der Waals surface area contributed by atoms with Gasteiger partial charge in [0, 0.05) is 17.6 Å². The van der Waals surface area contributed by atoms with Crippen molar-refractivity contribution in [2.45, 2.75) is 6.42 Å². The highest BCUT2D eigenvalue weighted by Crippen LogP contribution is 2.17. The van der Waals surface area contributed by atoms with Crippen molar-refractivity contribution >= 4 is 17.1 Å². The second-order valence-electron chi connectivity index (χ2n) is 4.08. The van der Waals surface area contributed by atoms with E-state index in [0.29, 0.717) is 17.0 Å². The summed E-state index contributed by atoms with van der Waals surface area (Å²) in [4.78, 5) is 4.31. The van der Waals surface area contributed by atoms with Crippen LogP contribution in [-0.4, -0.2) is 9.38 Å². The molecule has 0 saturated carbocycles. The number of imidazole rings is 1. The molecule has 2 nitrogen and oxygen atoms in total. The van der Waals surface area contributed by atoms with E-state index in [2.05, 4.69) is 4.98 Å². The van der Waals surface area contributed by atoms with E-state index in [1.165, 1.54) is 6.07 Å². The van der Waals surface area contributed by atoms with Crippen LogP contribution in [0.2, 0.25) is 5.02 Å². The van der Waals surface area contributed by atoms with Crippen LogP contribution < -0.4 is 0 Å². The summed E-state index contributed by atoms with van der Waals surface area (Å²) in [7, 11) is 0. The molecule has 0 fully saturated rings. The molecule has 3 aromatic rings. The lowest BCUT2D eigenvalue weighted by Gasteiger charge is -2.03. The molecule has 0 bridgehead atoms. The third kappa shape index (κ3) is 1.97. The summed E-state index contributed by atoms with van der Waals surface area (Å²) in [5.74, 6) is 0.593. The maximum absolute atomic E-state index is 13.6. The Balaban J connectivity index is 2.03. The lowest BCUT2D eigenvalue weighted by atomic mass is 10.1. The number of nitrogens with zero attached hydrogens (tertiary/aromatic N) is 2. The van der Waals surface area contributed by atoms with Crippen molar-refractivity contribution in [2.75, 3.05) is 0 Å². The van der Waals surface area contributed by atoms with Gasteiger partial charge in [-0.15, -0.1) is 0 Å². The topological polar surface area (TPSA) is 17.3 Å². The number of fused-ring (bicyclic) bond motifs is 1. The molecule has 0 atom stereocenters. The summed E-state index contributed by atoms with van der Waals surface area (Å²) in [6.07, 6.45) is 4.05. The summed E-state index contributed by atoms with van der Waals surface area (Å²) in [5, 5.41) is 0.667. The molecular weight excluding hydrogens is 251 g/mol. The molecule has 0 amide bonds. The Kier molecular flexibility index (Phi) is 2.76. The molecule has 0 saturated heterocycles. The van der Waals surface area contributed by atoms with Crippen molar-refractivity contribution < 1.29 is 4.39 Å². The average molecular weight is 261 g/mol. The smallest absolute Gasteiger partial charge is 0.126 e. The van der Waals surface area contributed by atoms with Crippen LogP contribution >= 0.6 is 11.6 Å². The van der Waals surface area contributed by atoms with Crippen molar-refractivity contribution in [1.82, 2.24) is 9.38 Å². The zero-order chi connectivity index (χ0) is 12.5. The summed E-state index contributed by atoms with van der Waals surface area (Å²) in [6.45, 7) is 0. The first-order chi connectivity index (χ1) is 8.74. The van der Waals surface area contributed by atoms with E-state index >= 15 is 0 Å². The van der Waals surface area contributed by atoms with Gasteiger partial charge in [-0.25, -0.2) is 9.37 Å². The summed E-state index contributed by atoms with van der Waals surface area (Å²) >= 11 is 5.91. The molecule has 90 valence electrons. The van der Waals surface area contributed by atoms with Crippen LogP contribution in [0.5, 0.6) is 0 Å². The zero-order valence-electron chi connectivity index (χ0n) is 9.48. The van der Waals surface area contributed by atoms with Crippen LogP contribution in [0, 0.1) is 5.82 Å². The van der Waals surface area contributed by atoms with Gasteiger partial charge >= 0.3 is 0 Å². The molecule has 0 aliphatic rings. The first kappa shape index (κ1) is 11.2. The van der Waals surface area contributed by atoms with E-state index in [0.717, 1.165) is 11.3 Å². The average Bonchev–Trinajstić information content (AvgIpc) is 2.74. The van der Waals surface area contributed by atoms with Crippen LogP contribution in [0.1, 0.15) is 11.4 Å². The molecule has 0 N–H and O–H groups in total. The standard InChI is InChI=1S/C14H10ClFN2/c15-11-5-6-18-12(8-11)9-17-14(18)7-10-3-1-2-4-13(10)16/h1-6,8-9H,7H2. The van der Waals surface area contributed by atoms with Crippen molar-refractivity contribution in [2.24, 2.45) is 0 Å². The Morgan fingerprint density at radius 3 is 2.89 bits per heavy atom. The van der Waals surface area contributed by atoms with Gasteiger partial charge in [0.15, 0.2) is 0 Å². The van der Waals surface area contributed by atoms with Gasteiger partial charge in [-0.1, -0.05) is 29.8 Å². The van der Waals surface area contributed by atoms with Gasteiger partial charge in [-0.05, 0) is 23.8 Å². The number of pyridine rings is 1. The molecule has 1 aromatic carbocycles. The van der Waals surface area contributed by atoms with Gasteiger partial charge in [0.1, 0.15) is 11.6 Å². The van der Waals surface area contributed by atoms with Crippen LogP contribution in [0.3, 0.4) is 0 Å². The Labute approximate surface area is 109 Å². The highest BCUT2D eigenvalue weighted by atomic mass is 35.5. The third-order valence-electron chi connectivity index (χ3n) is 2.88. The van der Waals surface area contributed by atoms with E-state index in [9.17, 15) is 4.39 Å². The van der Waals surface area contributed by atoms with Crippen molar-refractivity contribution in [3.63, 3.8) is 0 Å². The fourth-order valence-corrected chi connectivity index (χ4v) is 2.14. The quantitative estimate of drug-likeness (QED) is 0.686. The number of rotatable bonds is 2. The van der Waals surface area contributed by atoms with E-state index in [4.69, 9.17) is 11.6 Å². The molecule has 18 heavy (non-hydrogen) atoms. The molecule has 2 heterocycles. The number of hydrogen-bond acceptors (Lipinski definition) is 1. The van der Waals surface area contributed by atoms with Crippen LogP contribution in [0.4, 0.5) is 4.39 Å². The molecule has 0 unspecified atom stereocenters. The lowest BCUT2D eigenvalue weighted by Crippen LogP contribution is -1.98. The predicted octanol–water partition coefficient (Wildman–Crippen LogP) is 3.72. The number of aromatic nitrogens is 2. The maximum Gasteiger partial charge on any atom is 0.126 e. The lowest BCUT2D eigenvalue weighted by molar-refractivity contribution is 0.612. The molecular formula is C14H10ClFN2. The van der Waals surface area contributed by atoms with Crippen LogP contribution in [-0.2, 0) is 6.42 Å². The second kappa shape index (κ2) is 4.42. The summed E-state index contributed by atoms with van der Waals surface area (Å²) in [6, 6.07) is 10.4. The Hall–Kier alpha value is -1.87. The number of halogens is 2. The highest BCUT2D eigenvalue weighted by Gasteiger charge is 2.07. The van der Waals surface area contributed by atoms with Gasteiger partial charge < -0.3 is 4.40 Å². The highest BCUT2D eigenvalue weighted by molar-refractivity contribution is 6.30. The van der Waals surface area contributed by atoms with E-state index < -0.39 is 0 Å². The van der Waals surface area contributed by atoms with Gasteiger partial charge in [-0.3, -0.25) is 0 Å². The Morgan fingerprint density at radius 1 is 1.22 bits per heavy atom. The fraction of sp³-hybridized carbons (Fsp3) is 0.0714. The molecule has 2 aromatic heterocycles. The minimum atomic E-state index is -0.205. The van der Waals surface area contributed by atoms with Crippen molar-refractivity contribution in [1.29, 1.82) is 0 Å². The predicted molar refractivity (Wildman–Crippen MR) is 69.4 cm³/mol. The molecule has 0 radical (unpaired) electrons. The molecule has 0 aliphatic carbocycles. The number of hydrogen-bond donors (Lipinski definition) is 0. The van der Waals surface area contributed by atoms with E-state index in [1.54, 1.807) is 24.4 Å². The Bertz CT molecular complexity index is 706. The first-order valence-corrected chi connectivity index (χ1v) is 5.97. The van der Waals surface area contributed by atoms with Crippen LogP contribution in [0.25, 0.3) is 5.52 Å². The normalized spacial score (nSPS) is 11.0. The van der Waals surface area contributed by atoms with Crippen LogP contribution in [0.15, 0.2) is 48.8 Å². The SMILES string of the molecule is Fc1ccccc1Cc1ncc2cc(Cl)ccn12. The minimum Gasteiger partial charge on any atom is -0.303 e. The molecule has 3 rings (SSSR count). The van der Waals surface area contributed by atoms with Crippen molar-refractivity contribution in [3.8, 4) is 0 Å². The van der Waals surface area contributed by atoms with Gasteiger partial charge in [-0.2, -0.15) is 0 Å². The minimum absolute atomic E-state index is 0.205. The number of benzene rings is 1. The Morgan fingerprint density at radius 2 is 2.06 bits per heavy atom. The van der Waals surface area contributed by atoms with Gasteiger partial charge in [0.2, 0.25) is 0 Å². The molecule has 4 heteroatoms. The molecule has 0 aliphatic heterocycles. The fourth-order valence-electron chi connectivity index (χ4n) is 1.97.